The summed E-state index contributed by atoms with van der Waals surface area (Å²) in [4.78, 5) is 24.6. The van der Waals surface area contributed by atoms with Crippen LogP contribution in [0.1, 0.15) is 15.9 Å². The second-order valence-corrected chi connectivity index (χ2v) is 8.96. The maximum absolute atomic E-state index is 14.0. The molecular formula is C26H20ClN3O3S. The van der Waals surface area contributed by atoms with Gasteiger partial charge in [-0.05, 0) is 46.7 Å². The van der Waals surface area contributed by atoms with Gasteiger partial charge in [-0.15, -0.1) is 0 Å². The molecule has 0 atom stereocenters. The molecule has 2 aromatic heterocycles. The van der Waals surface area contributed by atoms with E-state index in [0.29, 0.717) is 32.7 Å². The van der Waals surface area contributed by atoms with E-state index < -0.39 is 0 Å². The molecule has 6 nitrogen and oxygen atoms in total. The molecule has 0 saturated carbocycles. The van der Waals surface area contributed by atoms with Gasteiger partial charge in [0.2, 0.25) is 0 Å². The van der Waals surface area contributed by atoms with Gasteiger partial charge in [-0.3, -0.25) is 14.7 Å². The van der Waals surface area contributed by atoms with E-state index in [1.807, 2.05) is 48.5 Å². The highest BCUT2D eigenvalue weighted by molar-refractivity contribution is 7.23. The Kier molecular flexibility index (Phi) is 6.04. The molecule has 2 heterocycles. The topological polar surface area (TPSA) is 64.5 Å². The fourth-order valence-electron chi connectivity index (χ4n) is 3.82. The zero-order valence-electron chi connectivity index (χ0n) is 18.5. The van der Waals surface area contributed by atoms with Crippen molar-refractivity contribution in [3.8, 4) is 11.5 Å². The number of aromatic nitrogens is 2. The van der Waals surface area contributed by atoms with Gasteiger partial charge in [-0.25, -0.2) is 4.98 Å². The molecule has 0 aliphatic rings. The van der Waals surface area contributed by atoms with Gasteiger partial charge in [0.25, 0.3) is 5.91 Å². The zero-order valence-corrected chi connectivity index (χ0v) is 20.1. The molecule has 0 bridgehead atoms. The van der Waals surface area contributed by atoms with Crippen LogP contribution in [0.4, 0.5) is 5.13 Å². The normalized spacial score (nSPS) is 11.0. The van der Waals surface area contributed by atoms with Crippen molar-refractivity contribution in [2.75, 3.05) is 19.1 Å². The van der Waals surface area contributed by atoms with Crippen LogP contribution in [-0.4, -0.2) is 30.1 Å². The Morgan fingerprint density at radius 2 is 1.76 bits per heavy atom. The Morgan fingerprint density at radius 3 is 2.47 bits per heavy atom. The summed E-state index contributed by atoms with van der Waals surface area (Å²) in [5, 5.41) is 3.00. The number of hydrogen-bond acceptors (Lipinski definition) is 6. The lowest BCUT2D eigenvalue weighted by Crippen LogP contribution is -2.30. The molecule has 0 aliphatic carbocycles. The predicted octanol–water partition coefficient (Wildman–Crippen LogP) is 6.36. The van der Waals surface area contributed by atoms with E-state index in [9.17, 15) is 4.79 Å². The Hall–Kier alpha value is -3.68. The molecule has 0 spiro atoms. The maximum atomic E-state index is 14.0. The van der Waals surface area contributed by atoms with Crippen LogP contribution in [-0.2, 0) is 6.54 Å². The molecule has 1 amide bonds. The quantitative estimate of drug-likeness (QED) is 0.277. The number of carbonyl (C=O) groups excluding carboxylic acids is 1. The number of rotatable bonds is 6. The van der Waals surface area contributed by atoms with Crippen LogP contribution in [0.3, 0.4) is 0 Å². The predicted molar refractivity (Wildman–Crippen MR) is 136 cm³/mol. The van der Waals surface area contributed by atoms with E-state index in [4.69, 9.17) is 26.1 Å². The number of fused-ring (bicyclic) bond motifs is 2. The summed E-state index contributed by atoms with van der Waals surface area (Å²) < 4.78 is 11.8. The van der Waals surface area contributed by atoms with E-state index in [-0.39, 0.29) is 12.5 Å². The third-order valence-electron chi connectivity index (χ3n) is 5.50. The highest BCUT2D eigenvalue weighted by Gasteiger charge is 2.26. The van der Waals surface area contributed by atoms with Crippen molar-refractivity contribution in [3.63, 3.8) is 0 Å². The molecule has 0 N–H and O–H groups in total. The van der Waals surface area contributed by atoms with Crippen molar-refractivity contribution in [3.05, 3.63) is 89.2 Å². The molecular weight excluding hydrogens is 470 g/mol. The largest absolute Gasteiger partial charge is 0.496 e. The third-order valence-corrected chi connectivity index (χ3v) is 7.04. The number of methoxy groups -OCH3 is 2. The van der Waals surface area contributed by atoms with Gasteiger partial charge >= 0.3 is 0 Å². The van der Waals surface area contributed by atoms with Gasteiger partial charge < -0.3 is 9.47 Å². The summed E-state index contributed by atoms with van der Waals surface area (Å²) in [5.74, 6) is 0.858. The summed E-state index contributed by atoms with van der Waals surface area (Å²) in [7, 11) is 3.15. The Balaban J connectivity index is 1.67. The standard InChI is InChI=1S/C26H20ClN3O3S/c1-32-21-10-9-20(27)24-23(21)29-26(34-24)30(15-16-6-5-11-28-14-16)25(31)19-12-17-7-3-4-8-18(17)13-22(19)33-2/h3-14H,15H2,1-2H3. The van der Waals surface area contributed by atoms with Crippen LogP contribution < -0.4 is 14.4 Å². The monoisotopic (exact) mass is 489 g/mol. The lowest BCUT2D eigenvalue weighted by molar-refractivity contribution is 0.0982. The van der Waals surface area contributed by atoms with Crippen LogP contribution in [0.15, 0.2) is 73.1 Å². The average molecular weight is 490 g/mol. The van der Waals surface area contributed by atoms with Crippen LogP contribution in [0.2, 0.25) is 5.02 Å². The van der Waals surface area contributed by atoms with Crippen LogP contribution in [0.25, 0.3) is 21.0 Å². The first-order valence-corrected chi connectivity index (χ1v) is 11.7. The number of carbonyl (C=O) groups is 1. The molecule has 0 unspecified atom stereocenters. The number of nitrogens with zero attached hydrogens (tertiary/aromatic N) is 3. The number of benzene rings is 3. The highest BCUT2D eigenvalue weighted by atomic mass is 35.5. The maximum Gasteiger partial charge on any atom is 0.264 e. The first-order valence-electron chi connectivity index (χ1n) is 10.5. The average Bonchev–Trinajstić information content (AvgIpc) is 3.33. The molecule has 34 heavy (non-hydrogen) atoms. The number of pyridine rings is 1. The number of halogens is 1. The molecule has 5 rings (SSSR count). The molecule has 0 saturated heterocycles. The van der Waals surface area contributed by atoms with Crippen molar-refractivity contribution in [1.29, 1.82) is 0 Å². The molecule has 170 valence electrons. The van der Waals surface area contributed by atoms with Gasteiger partial charge in [0.05, 0.1) is 36.1 Å². The number of hydrogen-bond donors (Lipinski definition) is 0. The lowest BCUT2D eigenvalue weighted by atomic mass is 10.0. The van der Waals surface area contributed by atoms with Crippen molar-refractivity contribution in [2.24, 2.45) is 0 Å². The summed E-state index contributed by atoms with van der Waals surface area (Å²) in [5.41, 5.74) is 1.93. The Bertz CT molecular complexity index is 1500. The first-order chi connectivity index (χ1) is 16.6. The van der Waals surface area contributed by atoms with Crippen molar-refractivity contribution >= 4 is 55.0 Å². The number of anilines is 1. The minimum absolute atomic E-state index is 0.236. The van der Waals surface area contributed by atoms with E-state index in [1.54, 1.807) is 43.6 Å². The van der Waals surface area contributed by atoms with E-state index in [2.05, 4.69) is 4.98 Å². The summed E-state index contributed by atoms with van der Waals surface area (Å²) >= 11 is 7.80. The van der Waals surface area contributed by atoms with Gasteiger partial charge in [-0.1, -0.05) is 53.3 Å². The minimum atomic E-state index is -0.236. The Labute approximate surface area is 205 Å². The van der Waals surface area contributed by atoms with Crippen molar-refractivity contribution in [1.82, 2.24) is 9.97 Å². The molecule has 0 aliphatic heterocycles. The molecule has 0 fully saturated rings. The minimum Gasteiger partial charge on any atom is -0.496 e. The Morgan fingerprint density at radius 1 is 1.00 bits per heavy atom. The molecule has 5 aromatic rings. The van der Waals surface area contributed by atoms with E-state index in [0.717, 1.165) is 21.0 Å². The smallest absolute Gasteiger partial charge is 0.264 e. The first kappa shape index (κ1) is 22.1. The lowest BCUT2D eigenvalue weighted by Gasteiger charge is -2.21. The van der Waals surface area contributed by atoms with Crippen LogP contribution in [0.5, 0.6) is 11.5 Å². The summed E-state index contributed by atoms with van der Waals surface area (Å²) in [6, 6.07) is 18.9. The fourth-order valence-corrected chi connectivity index (χ4v) is 5.08. The highest BCUT2D eigenvalue weighted by Crippen LogP contribution is 2.40. The molecule has 8 heteroatoms. The number of ether oxygens (including phenoxy) is 2. The van der Waals surface area contributed by atoms with Gasteiger partial charge in [0.15, 0.2) is 5.13 Å². The van der Waals surface area contributed by atoms with Crippen molar-refractivity contribution in [2.45, 2.75) is 6.54 Å². The fraction of sp³-hybridized carbons (Fsp3) is 0.115. The van der Waals surface area contributed by atoms with E-state index >= 15 is 0 Å². The second kappa shape index (κ2) is 9.29. The molecule has 0 radical (unpaired) electrons. The number of amides is 1. The van der Waals surface area contributed by atoms with E-state index in [1.165, 1.54) is 11.3 Å². The van der Waals surface area contributed by atoms with Gasteiger partial charge in [0, 0.05) is 12.4 Å². The van der Waals surface area contributed by atoms with Crippen molar-refractivity contribution < 1.29 is 14.3 Å². The summed E-state index contributed by atoms with van der Waals surface area (Å²) in [6.07, 6.45) is 3.43. The van der Waals surface area contributed by atoms with Crippen LogP contribution in [0, 0.1) is 0 Å². The van der Waals surface area contributed by atoms with Gasteiger partial charge in [0.1, 0.15) is 17.0 Å². The van der Waals surface area contributed by atoms with Crippen LogP contribution >= 0.6 is 22.9 Å². The van der Waals surface area contributed by atoms with Gasteiger partial charge in [-0.2, -0.15) is 0 Å². The second-order valence-electron chi connectivity index (χ2n) is 7.58. The molecule has 3 aromatic carbocycles. The summed E-state index contributed by atoms with van der Waals surface area (Å²) in [6.45, 7) is 0.280. The third kappa shape index (κ3) is 4.04. The SMILES string of the molecule is COc1cc2ccccc2cc1C(=O)N(Cc1cccnc1)c1nc2c(OC)ccc(Cl)c2s1. The number of thiazole rings is 1. The zero-order chi connectivity index (χ0) is 23.7.